The number of carbonyl (C=O) groups excluding carboxylic acids is 2. The van der Waals surface area contributed by atoms with E-state index in [4.69, 9.17) is 8.92 Å². The van der Waals surface area contributed by atoms with Crippen molar-refractivity contribution in [1.29, 1.82) is 0 Å². The van der Waals surface area contributed by atoms with Crippen LogP contribution in [0.1, 0.15) is 70.4 Å². The highest BCUT2D eigenvalue weighted by atomic mass is 79.9. The average molecular weight is 678 g/mol. The Morgan fingerprint density at radius 1 is 0.846 bits per heavy atom. The van der Waals surface area contributed by atoms with Gasteiger partial charge in [-0.15, -0.1) is 0 Å². The molecule has 1 heterocycles. The van der Waals surface area contributed by atoms with Gasteiger partial charge in [-0.3, -0.25) is 9.59 Å². The van der Waals surface area contributed by atoms with Crippen LogP contribution in [-0.4, -0.2) is 20.0 Å². The summed E-state index contributed by atoms with van der Waals surface area (Å²) in [6.45, 7) is 9.94. The summed E-state index contributed by atoms with van der Waals surface area (Å²) >= 11 is 7.01. The predicted octanol–water partition coefficient (Wildman–Crippen LogP) is 7.69. The highest BCUT2D eigenvalue weighted by Crippen LogP contribution is 2.55. The Kier molecular flexibility index (Phi) is 7.04. The van der Waals surface area contributed by atoms with Crippen LogP contribution in [-0.2, 0) is 24.4 Å². The van der Waals surface area contributed by atoms with Crippen LogP contribution in [0.4, 0.5) is 0 Å². The number of aryl methyl sites for hydroxylation is 1. The molecule has 0 bridgehead atoms. The highest BCUT2D eigenvalue weighted by molar-refractivity contribution is 9.11. The molecule has 6 nitrogen and oxygen atoms in total. The predicted molar refractivity (Wildman–Crippen MR) is 155 cm³/mol. The van der Waals surface area contributed by atoms with Crippen LogP contribution in [0.2, 0.25) is 0 Å². The summed E-state index contributed by atoms with van der Waals surface area (Å²) in [5.41, 5.74) is 1.53. The summed E-state index contributed by atoms with van der Waals surface area (Å²) in [5, 5.41) is 0. The number of hydrogen-bond acceptors (Lipinski definition) is 6. The lowest BCUT2D eigenvalue weighted by molar-refractivity contribution is -0.120. The number of ketones is 2. The van der Waals surface area contributed by atoms with Gasteiger partial charge in [-0.2, -0.15) is 8.42 Å². The molecule has 0 spiro atoms. The van der Waals surface area contributed by atoms with Crippen molar-refractivity contribution in [2.75, 3.05) is 0 Å². The smallest absolute Gasteiger partial charge is 0.339 e. The van der Waals surface area contributed by atoms with Crippen molar-refractivity contribution in [3.63, 3.8) is 0 Å². The molecule has 5 rings (SSSR count). The number of rotatable bonds is 4. The summed E-state index contributed by atoms with van der Waals surface area (Å²) in [6, 6.07) is 9.80. The second kappa shape index (κ2) is 9.70. The molecule has 2 aromatic rings. The number of Topliss-reactive ketones (excluding diaryl/α,β-unsaturated/α-hetero) is 2. The molecule has 0 amide bonds. The topological polar surface area (TPSA) is 86.7 Å². The molecule has 0 unspecified atom stereocenters. The molecule has 0 saturated carbocycles. The quantitative estimate of drug-likeness (QED) is 0.309. The van der Waals surface area contributed by atoms with Crippen LogP contribution in [0.3, 0.4) is 0 Å². The summed E-state index contributed by atoms with van der Waals surface area (Å²) in [4.78, 5) is 27.4. The van der Waals surface area contributed by atoms with Crippen LogP contribution in [0.5, 0.6) is 5.75 Å². The second-order valence-corrected chi connectivity index (χ2v) is 15.6. The van der Waals surface area contributed by atoms with Gasteiger partial charge < -0.3 is 8.92 Å². The highest BCUT2D eigenvalue weighted by Gasteiger charge is 2.49. The van der Waals surface area contributed by atoms with E-state index in [1.54, 1.807) is 24.3 Å². The molecule has 3 aliphatic rings. The number of carbonyl (C=O) groups is 2. The van der Waals surface area contributed by atoms with Gasteiger partial charge in [0.05, 0.1) is 10.4 Å². The van der Waals surface area contributed by atoms with Crippen molar-refractivity contribution in [3.8, 4) is 5.75 Å². The molecule has 0 N–H and O–H groups in total. The normalized spacial score (nSPS) is 20.9. The molecule has 39 heavy (non-hydrogen) atoms. The number of allylic oxidation sites excluding steroid dienone is 4. The first kappa shape index (κ1) is 28.3. The van der Waals surface area contributed by atoms with Gasteiger partial charge in [0.1, 0.15) is 16.4 Å². The molecule has 0 atom stereocenters. The Bertz CT molecular complexity index is 1530. The maximum atomic E-state index is 13.7. The van der Waals surface area contributed by atoms with Crippen molar-refractivity contribution in [3.05, 3.63) is 79.1 Å². The Morgan fingerprint density at radius 3 is 1.87 bits per heavy atom. The molecule has 2 aromatic carbocycles. The lowest BCUT2D eigenvalue weighted by Gasteiger charge is -2.43. The third-order valence-electron chi connectivity index (χ3n) is 7.43. The van der Waals surface area contributed by atoms with Crippen molar-refractivity contribution in [1.82, 2.24) is 0 Å². The first-order chi connectivity index (χ1) is 18.1. The largest absolute Gasteiger partial charge is 0.465 e. The lowest BCUT2D eigenvalue weighted by atomic mass is 9.65. The van der Waals surface area contributed by atoms with E-state index in [0.717, 1.165) is 5.56 Å². The van der Waals surface area contributed by atoms with E-state index in [-0.39, 0.29) is 33.0 Å². The van der Waals surface area contributed by atoms with Gasteiger partial charge in [0, 0.05) is 46.9 Å². The van der Waals surface area contributed by atoms with Crippen molar-refractivity contribution in [2.45, 2.75) is 71.1 Å². The van der Waals surface area contributed by atoms with E-state index >= 15 is 0 Å². The molecular weight excluding hydrogens is 648 g/mol. The molecule has 0 radical (unpaired) electrons. The van der Waals surface area contributed by atoms with E-state index in [9.17, 15) is 18.0 Å². The standard InChI is InChI=1S/C30H30Br2O6S/c1-16-6-8-18(9-7-16)39(35,36)38-28-19(10-17(31)11-20(28)32)25-26-21(33)12-29(2,3)14-23(26)37-24-15-30(4,5)13-22(34)27(24)25/h6-11,25H,12-15H2,1-5H3. The van der Waals surface area contributed by atoms with Gasteiger partial charge in [-0.05, 0) is 57.9 Å². The zero-order valence-corrected chi connectivity index (χ0v) is 26.5. The summed E-state index contributed by atoms with van der Waals surface area (Å²) in [7, 11) is -4.23. The average Bonchev–Trinajstić information content (AvgIpc) is 2.78. The van der Waals surface area contributed by atoms with Gasteiger partial charge in [-0.25, -0.2) is 0 Å². The van der Waals surface area contributed by atoms with Crippen LogP contribution in [0, 0.1) is 17.8 Å². The van der Waals surface area contributed by atoms with Gasteiger partial charge in [0.2, 0.25) is 0 Å². The molecule has 1 aliphatic heterocycles. The molecular formula is C30H30Br2O6S. The number of benzene rings is 2. The summed E-state index contributed by atoms with van der Waals surface area (Å²) in [5.74, 6) is 0.105. The molecule has 2 aliphatic carbocycles. The van der Waals surface area contributed by atoms with Crippen molar-refractivity contribution < 1.29 is 26.9 Å². The third-order valence-corrected chi connectivity index (χ3v) is 9.72. The SMILES string of the molecule is Cc1ccc(S(=O)(=O)Oc2c(Br)cc(Br)cc2C2C3=C(CC(C)(C)CC3=O)OC3=C2C(=O)CC(C)(C)C3)cc1. The van der Waals surface area contributed by atoms with E-state index in [2.05, 4.69) is 31.9 Å². The number of halogens is 2. The second-order valence-electron chi connectivity index (χ2n) is 12.2. The molecule has 0 aromatic heterocycles. The van der Waals surface area contributed by atoms with E-state index in [1.807, 2.05) is 34.6 Å². The van der Waals surface area contributed by atoms with E-state index in [0.29, 0.717) is 62.9 Å². The fraction of sp³-hybridized carbons (Fsp3) is 0.400. The van der Waals surface area contributed by atoms with E-state index in [1.165, 1.54) is 12.1 Å². The molecule has 9 heteroatoms. The fourth-order valence-electron chi connectivity index (χ4n) is 5.73. The summed E-state index contributed by atoms with van der Waals surface area (Å²) in [6.07, 6.45) is 1.65. The fourth-order valence-corrected chi connectivity index (χ4v) is 8.15. The minimum Gasteiger partial charge on any atom is -0.465 e. The van der Waals surface area contributed by atoms with Crippen LogP contribution < -0.4 is 4.18 Å². The lowest BCUT2D eigenvalue weighted by Crippen LogP contribution is -2.37. The Balaban J connectivity index is 1.74. The molecule has 0 fully saturated rings. The maximum absolute atomic E-state index is 13.7. The first-order valence-corrected chi connectivity index (χ1v) is 15.8. The van der Waals surface area contributed by atoms with Crippen molar-refractivity contribution >= 4 is 53.5 Å². The first-order valence-electron chi connectivity index (χ1n) is 12.8. The van der Waals surface area contributed by atoms with Gasteiger partial charge in [-0.1, -0.05) is 61.3 Å². The Labute approximate surface area is 246 Å². The molecule has 0 saturated heterocycles. The molecule has 206 valence electrons. The van der Waals surface area contributed by atoms with Gasteiger partial charge in [0.15, 0.2) is 17.3 Å². The Hall–Kier alpha value is -2.23. The monoisotopic (exact) mass is 676 g/mol. The van der Waals surface area contributed by atoms with E-state index < -0.39 is 16.0 Å². The zero-order chi connectivity index (χ0) is 28.5. The van der Waals surface area contributed by atoms with Crippen LogP contribution >= 0.6 is 31.9 Å². The number of ether oxygens (including phenoxy) is 1. The van der Waals surface area contributed by atoms with Gasteiger partial charge in [0.25, 0.3) is 0 Å². The number of hydrogen-bond donors (Lipinski definition) is 0. The van der Waals surface area contributed by atoms with Crippen molar-refractivity contribution in [2.24, 2.45) is 10.8 Å². The van der Waals surface area contributed by atoms with Gasteiger partial charge >= 0.3 is 10.1 Å². The minimum absolute atomic E-state index is 0.00615. The minimum atomic E-state index is -4.23. The van der Waals surface area contributed by atoms with Crippen LogP contribution in [0.25, 0.3) is 0 Å². The summed E-state index contributed by atoms with van der Waals surface area (Å²) < 4.78 is 40.0. The Morgan fingerprint density at radius 2 is 1.36 bits per heavy atom. The third kappa shape index (κ3) is 5.42. The van der Waals surface area contributed by atoms with Crippen LogP contribution in [0.15, 0.2) is 72.9 Å². The zero-order valence-electron chi connectivity index (χ0n) is 22.5. The maximum Gasteiger partial charge on any atom is 0.339 e.